The summed E-state index contributed by atoms with van der Waals surface area (Å²) >= 11 is 0. The van der Waals surface area contributed by atoms with Crippen molar-refractivity contribution in [2.75, 3.05) is 5.73 Å². The highest BCUT2D eigenvalue weighted by atomic mass is 14.7. The number of nitrogen functional groups attached to an aromatic ring is 1. The summed E-state index contributed by atoms with van der Waals surface area (Å²) in [4.78, 5) is 9.72. The van der Waals surface area contributed by atoms with Crippen LogP contribution in [-0.2, 0) is 0 Å². The molecule has 0 aliphatic carbocycles. The monoisotopic (exact) mass is 670 g/mol. The van der Waals surface area contributed by atoms with Crippen LogP contribution >= 0.6 is 0 Å². The topological polar surface area (TPSA) is 77.8 Å². The van der Waals surface area contributed by atoms with Gasteiger partial charge >= 0.3 is 0 Å². The number of nitrogens with two attached hydrogens (primary N) is 2. The second-order valence-electron chi connectivity index (χ2n) is 13.1. The molecule has 2 heterocycles. The average molecular weight is 671 g/mol. The fourth-order valence-electron chi connectivity index (χ4n) is 6.97. The molecule has 0 bridgehead atoms. The Balaban J connectivity index is 1.23. The predicted octanol–water partition coefficient (Wildman–Crippen LogP) is 11.2. The van der Waals surface area contributed by atoms with Gasteiger partial charge in [-0.1, -0.05) is 146 Å². The Morgan fingerprint density at radius 3 is 1.29 bits per heavy atom. The number of pyridine rings is 2. The van der Waals surface area contributed by atoms with Gasteiger partial charge < -0.3 is 11.5 Å². The first-order valence-electron chi connectivity index (χ1n) is 17.5. The lowest BCUT2D eigenvalue weighted by atomic mass is 9.80. The molecule has 0 saturated carbocycles. The maximum Gasteiger partial charge on any atom is 0.0702 e. The van der Waals surface area contributed by atoms with Crippen LogP contribution in [-0.4, -0.2) is 9.97 Å². The summed E-state index contributed by atoms with van der Waals surface area (Å²) in [5.41, 5.74) is 28.4. The molecular formula is C48H38N4. The summed E-state index contributed by atoms with van der Waals surface area (Å²) in [5.74, 6) is -0.203. The fourth-order valence-corrected chi connectivity index (χ4v) is 6.97. The predicted molar refractivity (Wildman–Crippen MR) is 215 cm³/mol. The van der Waals surface area contributed by atoms with Crippen molar-refractivity contribution in [3.8, 4) is 55.9 Å². The summed E-state index contributed by atoms with van der Waals surface area (Å²) in [6, 6.07) is 62.2. The third kappa shape index (κ3) is 6.88. The van der Waals surface area contributed by atoms with Crippen LogP contribution in [0, 0.1) is 0 Å². The molecule has 2 aromatic heterocycles. The molecule has 4 N–H and O–H groups in total. The minimum Gasteiger partial charge on any atom is -0.398 e. The van der Waals surface area contributed by atoms with Gasteiger partial charge in [0.15, 0.2) is 0 Å². The van der Waals surface area contributed by atoms with Crippen LogP contribution in [0.3, 0.4) is 0 Å². The van der Waals surface area contributed by atoms with E-state index in [0.29, 0.717) is 5.69 Å². The highest BCUT2D eigenvalue weighted by Gasteiger charge is 2.26. The Kier molecular flexibility index (Phi) is 9.21. The lowest BCUT2D eigenvalue weighted by molar-refractivity contribution is 0.631. The molecule has 52 heavy (non-hydrogen) atoms. The Labute approximate surface area is 305 Å². The lowest BCUT2D eigenvalue weighted by Gasteiger charge is -2.28. The molecular weight excluding hydrogens is 633 g/mol. The lowest BCUT2D eigenvalue weighted by Crippen LogP contribution is -2.22. The second-order valence-corrected chi connectivity index (χ2v) is 13.1. The van der Waals surface area contributed by atoms with E-state index in [1.807, 2.05) is 73.1 Å². The van der Waals surface area contributed by atoms with Gasteiger partial charge in [-0.15, -0.1) is 0 Å². The zero-order chi connectivity index (χ0) is 35.3. The van der Waals surface area contributed by atoms with E-state index in [-0.39, 0.29) is 5.92 Å². The van der Waals surface area contributed by atoms with E-state index in [9.17, 15) is 0 Å². The molecule has 0 aliphatic rings. The van der Waals surface area contributed by atoms with E-state index < -0.39 is 6.04 Å². The Bertz CT molecular complexity index is 2290. The van der Waals surface area contributed by atoms with Gasteiger partial charge in [0.25, 0.3) is 0 Å². The van der Waals surface area contributed by atoms with Crippen molar-refractivity contribution >= 4 is 5.69 Å². The number of hydrogen-bond donors (Lipinski definition) is 2. The van der Waals surface area contributed by atoms with Crippen molar-refractivity contribution in [2.24, 2.45) is 5.73 Å². The average Bonchev–Trinajstić information content (AvgIpc) is 3.23. The highest BCUT2D eigenvalue weighted by molar-refractivity contribution is 5.76. The quantitative estimate of drug-likeness (QED) is 0.150. The molecule has 0 saturated heterocycles. The summed E-state index contributed by atoms with van der Waals surface area (Å²) < 4.78 is 0. The SMILES string of the molecule is Nc1cc(-c2ccccc2)ccc1C(c1ccccc1)[C@@H](N)c1cc(-c2ccc(-c3ccccc3)nc2)cc(-c2ccc(-c3ccccc3)nc2)c1. The van der Waals surface area contributed by atoms with Gasteiger partial charge in [-0.3, -0.25) is 9.97 Å². The standard InChI is InChI=1S/C48H38N4/c49-44-30-37(33-13-5-1-6-14-33)21-24-43(44)47(36-19-11-4-12-20-36)48(50)42-28-40(38-22-25-45(51-31-38)34-15-7-2-8-16-34)27-41(29-42)39-23-26-46(52-32-39)35-17-9-3-10-18-35/h1-32,47-48H,49-50H2/t47?,48-/m0/s1. The number of benzene rings is 6. The minimum absolute atomic E-state index is 0.203. The van der Waals surface area contributed by atoms with Gasteiger partial charge in [0.05, 0.1) is 11.4 Å². The first-order chi connectivity index (χ1) is 25.6. The van der Waals surface area contributed by atoms with Crippen LogP contribution in [0.2, 0.25) is 0 Å². The maximum atomic E-state index is 7.43. The van der Waals surface area contributed by atoms with E-state index in [4.69, 9.17) is 21.4 Å². The van der Waals surface area contributed by atoms with Crippen molar-refractivity contribution in [3.05, 3.63) is 211 Å². The van der Waals surface area contributed by atoms with Crippen molar-refractivity contribution < 1.29 is 0 Å². The highest BCUT2D eigenvalue weighted by Crippen LogP contribution is 2.41. The normalized spacial score (nSPS) is 12.2. The number of hydrogen-bond acceptors (Lipinski definition) is 4. The van der Waals surface area contributed by atoms with E-state index in [0.717, 1.165) is 72.6 Å². The summed E-state index contributed by atoms with van der Waals surface area (Å²) in [7, 11) is 0. The molecule has 1 unspecified atom stereocenters. The summed E-state index contributed by atoms with van der Waals surface area (Å²) in [6.45, 7) is 0. The third-order valence-corrected chi connectivity index (χ3v) is 9.72. The van der Waals surface area contributed by atoms with Gasteiger partial charge in [-0.05, 0) is 75.3 Å². The fraction of sp³-hybridized carbons (Fsp3) is 0.0417. The first kappa shape index (κ1) is 32.6. The van der Waals surface area contributed by atoms with E-state index in [1.165, 1.54) is 0 Å². The maximum absolute atomic E-state index is 7.43. The van der Waals surface area contributed by atoms with Crippen LogP contribution in [0.4, 0.5) is 5.69 Å². The molecule has 0 amide bonds. The van der Waals surface area contributed by atoms with Crippen LogP contribution in [0.5, 0.6) is 0 Å². The van der Waals surface area contributed by atoms with Crippen molar-refractivity contribution in [1.29, 1.82) is 0 Å². The third-order valence-electron chi connectivity index (χ3n) is 9.72. The molecule has 4 heteroatoms. The second kappa shape index (κ2) is 14.7. The number of anilines is 1. The molecule has 0 radical (unpaired) electrons. The molecule has 250 valence electrons. The van der Waals surface area contributed by atoms with Gasteiger partial charge in [0, 0.05) is 52.3 Å². The van der Waals surface area contributed by atoms with Crippen LogP contribution in [0.1, 0.15) is 28.7 Å². The molecule has 6 aromatic carbocycles. The summed E-state index contributed by atoms with van der Waals surface area (Å²) in [5, 5.41) is 0. The van der Waals surface area contributed by atoms with Crippen LogP contribution in [0.25, 0.3) is 55.9 Å². The van der Waals surface area contributed by atoms with Gasteiger partial charge in [-0.2, -0.15) is 0 Å². The zero-order valence-corrected chi connectivity index (χ0v) is 28.7. The molecule has 0 aliphatic heterocycles. The number of rotatable bonds is 9. The zero-order valence-electron chi connectivity index (χ0n) is 28.7. The molecule has 0 fully saturated rings. The minimum atomic E-state index is -0.418. The van der Waals surface area contributed by atoms with Crippen molar-refractivity contribution in [1.82, 2.24) is 9.97 Å². The van der Waals surface area contributed by atoms with Crippen molar-refractivity contribution in [2.45, 2.75) is 12.0 Å². The Morgan fingerprint density at radius 2 is 0.827 bits per heavy atom. The Hall–Kier alpha value is -6.62. The van der Waals surface area contributed by atoms with E-state index >= 15 is 0 Å². The molecule has 4 nitrogen and oxygen atoms in total. The van der Waals surface area contributed by atoms with Gasteiger partial charge in [-0.25, -0.2) is 0 Å². The smallest absolute Gasteiger partial charge is 0.0702 e. The van der Waals surface area contributed by atoms with Crippen LogP contribution < -0.4 is 11.5 Å². The summed E-state index contributed by atoms with van der Waals surface area (Å²) in [6.07, 6.45) is 3.89. The number of nitrogens with zero attached hydrogens (tertiary/aromatic N) is 2. The van der Waals surface area contributed by atoms with Crippen LogP contribution in [0.15, 0.2) is 194 Å². The molecule has 8 aromatic rings. The largest absolute Gasteiger partial charge is 0.398 e. The van der Waals surface area contributed by atoms with E-state index in [2.05, 4.69) is 121 Å². The van der Waals surface area contributed by atoms with E-state index in [1.54, 1.807) is 0 Å². The molecule has 0 spiro atoms. The molecule has 2 atom stereocenters. The Morgan fingerprint density at radius 1 is 0.365 bits per heavy atom. The number of aromatic nitrogens is 2. The molecule has 8 rings (SSSR count). The van der Waals surface area contributed by atoms with Gasteiger partial charge in [0.1, 0.15) is 0 Å². The van der Waals surface area contributed by atoms with Gasteiger partial charge in [0.2, 0.25) is 0 Å². The first-order valence-corrected chi connectivity index (χ1v) is 17.5. The van der Waals surface area contributed by atoms with Crippen molar-refractivity contribution in [3.63, 3.8) is 0 Å².